The van der Waals surface area contributed by atoms with Gasteiger partial charge in [0.25, 0.3) is 0 Å². The van der Waals surface area contributed by atoms with Crippen molar-refractivity contribution in [3.63, 3.8) is 0 Å². The maximum absolute atomic E-state index is 14.9. The highest BCUT2D eigenvalue weighted by molar-refractivity contribution is 5.88. The molecule has 0 bridgehead atoms. The Balaban J connectivity index is 1.92. The van der Waals surface area contributed by atoms with Crippen LogP contribution in [-0.4, -0.2) is 6.61 Å². The van der Waals surface area contributed by atoms with E-state index in [1.54, 1.807) is 0 Å². The summed E-state index contributed by atoms with van der Waals surface area (Å²) in [7, 11) is 0. The van der Waals surface area contributed by atoms with Crippen LogP contribution in [0.5, 0.6) is 5.75 Å². The number of fused-ring (bicyclic) bond motifs is 1. The third kappa shape index (κ3) is 3.33. The molecule has 0 atom stereocenters. The Morgan fingerprint density at radius 3 is 2.50 bits per heavy atom. The second kappa shape index (κ2) is 7.31. The van der Waals surface area contributed by atoms with Gasteiger partial charge < -0.3 is 4.74 Å². The molecule has 0 aliphatic carbocycles. The summed E-state index contributed by atoms with van der Waals surface area (Å²) in [6.07, 6.45) is 4.85. The summed E-state index contributed by atoms with van der Waals surface area (Å²) in [5.74, 6) is 0.614. The van der Waals surface area contributed by atoms with Crippen LogP contribution in [0.15, 0.2) is 66.7 Å². The first kappa shape index (κ1) is 16.3. The van der Waals surface area contributed by atoms with Crippen molar-refractivity contribution in [2.45, 2.75) is 20.3 Å². The zero-order valence-corrected chi connectivity index (χ0v) is 14.1. The van der Waals surface area contributed by atoms with Gasteiger partial charge in [-0.05, 0) is 42.0 Å². The quantitative estimate of drug-likeness (QED) is 0.511. The van der Waals surface area contributed by atoms with Crippen molar-refractivity contribution in [2.24, 2.45) is 0 Å². The van der Waals surface area contributed by atoms with Gasteiger partial charge in [0.15, 0.2) is 0 Å². The molecule has 0 N–H and O–H groups in total. The van der Waals surface area contributed by atoms with Gasteiger partial charge in [0.1, 0.15) is 18.2 Å². The minimum atomic E-state index is -0.169. The van der Waals surface area contributed by atoms with E-state index < -0.39 is 0 Å². The highest BCUT2D eigenvalue weighted by Gasteiger charge is 2.10. The van der Waals surface area contributed by atoms with E-state index in [9.17, 15) is 4.39 Å². The zero-order chi connectivity index (χ0) is 16.9. The maximum Gasteiger partial charge on any atom is 0.138 e. The molecule has 122 valence electrons. The average Bonchev–Trinajstić information content (AvgIpc) is 2.63. The second-order valence-electron chi connectivity index (χ2n) is 5.74. The summed E-state index contributed by atoms with van der Waals surface area (Å²) >= 11 is 0. The Morgan fingerprint density at radius 1 is 1.00 bits per heavy atom. The van der Waals surface area contributed by atoms with E-state index in [1.165, 1.54) is 5.56 Å². The van der Waals surface area contributed by atoms with Crippen LogP contribution >= 0.6 is 0 Å². The molecular formula is C22H21FO. The minimum Gasteiger partial charge on any atom is -0.490 e. The fraction of sp³-hybridized carbons (Fsp3) is 0.182. The van der Waals surface area contributed by atoms with Crippen LogP contribution in [-0.2, 0) is 6.42 Å². The Hall–Kier alpha value is -2.61. The number of halogens is 1. The van der Waals surface area contributed by atoms with Gasteiger partial charge in [-0.2, -0.15) is 0 Å². The summed E-state index contributed by atoms with van der Waals surface area (Å²) in [4.78, 5) is 0. The molecule has 2 heteroatoms. The lowest BCUT2D eigenvalue weighted by atomic mass is 9.98. The lowest BCUT2D eigenvalue weighted by molar-refractivity contribution is 0.363. The SMILES string of the molecule is CC=CCOc1ccc(-c2ccc3cc(CC)ccc3c2F)cc1. The lowest BCUT2D eigenvalue weighted by Crippen LogP contribution is -1.93. The summed E-state index contributed by atoms with van der Waals surface area (Å²) in [6, 6.07) is 17.3. The molecule has 1 nitrogen and oxygen atoms in total. The molecule has 0 aromatic heterocycles. The van der Waals surface area contributed by atoms with Crippen LogP contribution in [0.25, 0.3) is 21.9 Å². The molecule has 0 saturated heterocycles. The van der Waals surface area contributed by atoms with Gasteiger partial charge in [-0.15, -0.1) is 0 Å². The average molecular weight is 320 g/mol. The number of benzene rings is 3. The normalized spacial score (nSPS) is 11.3. The van der Waals surface area contributed by atoms with E-state index in [-0.39, 0.29) is 5.82 Å². The molecule has 0 heterocycles. The smallest absolute Gasteiger partial charge is 0.138 e. The number of hydrogen-bond acceptors (Lipinski definition) is 1. The number of rotatable bonds is 5. The van der Waals surface area contributed by atoms with Crippen LogP contribution in [0.2, 0.25) is 0 Å². The summed E-state index contributed by atoms with van der Waals surface area (Å²) in [6.45, 7) is 4.60. The van der Waals surface area contributed by atoms with Crippen LogP contribution in [0.3, 0.4) is 0 Å². The predicted octanol–water partition coefficient (Wildman–Crippen LogP) is 6.16. The van der Waals surface area contributed by atoms with Crippen LogP contribution in [0, 0.1) is 5.82 Å². The largest absolute Gasteiger partial charge is 0.490 e. The number of allylic oxidation sites excluding steroid dienone is 1. The number of ether oxygens (including phenoxy) is 1. The van der Waals surface area contributed by atoms with E-state index in [0.717, 1.165) is 23.1 Å². The standard InChI is InChI=1S/C22H21FO/c1-3-5-14-24-19-10-7-17(8-11-19)20-13-9-18-15-16(4-2)6-12-21(18)22(20)23/h3,5-13,15H,4,14H2,1-2H3. The molecule has 3 aromatic rings. The van der Waals surface area contributed by atoms with Crippen LogP contribution < -0.4 is 4.74 Å². The Labute approximate surface area is 142 Å². The fourth-order valence-electron chi connectivity index (χ4n) is 2.76. The van der Waals surface area contributed by atoms with Gasteiger partial charge in [0.05, 0.1) is 0 Å². The van der Waals surface area contributed by atoms with E-state index in [0.29, 0.717) is 17.6 Å². The zero-order valence-electron chi connectivity index (χ0n) is 14.1. The third-order valence-electron chi connectivity index (χ3n) is 4.17. The van der Waals surface area contributed by atoms with Crippen molar-refractivity contribution in [1.82, 2.24) is 0 Å². The number of aryl methyl sites for hydroxylation is 1. The van der Waals surface area contributed by atoms with E-state index in [4.69, 9.17) is 4.74 Å². The molecule has 0 saturated carbocycles. The second-order valence-corrected chi connectivity index (χ2v) is 5.74. The van der Waals surface area contributed by atoms with E-state index >= 15 is 0 Å². The van der Waals surface area contributed by atoms with Crippen LogP contribution in [0.4, 0.5) is 4.39 Å². The van der Waals surface area contributed by atoms with E-state index in [2.05, 4.69) is 13.0 Å². The number of hydrogen-bond donors (Lipinski definition) is 0. The molecule has 0 unspecified atom stereocenters. The van der Waals surface area contributed by atoms with Crippen molar-refractivity contribution in [1.29, 1.82) is 0 Å². The molecule has 0 fully saturated rings. The molecule has 3 rings (SSSR count). The molecule has 24 heavy (non-hydrogen) atoms. The van der Waals surface area contributed by atoms with Crippen molar-refractivity contribution in [3.8, 4) is 16.9 Å². The molecule has 0 aliphatic heterocycles. The summed E-state index contributed by atoms with van der Waals surface area (Å²) in [5.41, 5.74) is 2.69. The van der Waals surface area contributed by atoms with Gasteiger partial charge in [-0.1, -0.05) is 61.5 Å². The third-order valence-corrected chi connectivity index (χ3v) is 4.17. The van der Waals surface area contributed by atoms with Gasteiger partial charge in [0, 0.05) is 10.9 Å². The summed E-state index contributed by atoms with van der Waals surface area (Å²) in [5, 5.41) is 1.61. The Bertz CT molecular complexity index is 863. The van der Waals surface area contributed by atoms with Crippen molar-refractivity contribution >= 4 is 10.8 Å². The minimum absolute atomic E-state index is 0.169. The van der Waals surface area contributed by atoms with Crippen molar-refractivity contribution < 1.29 is 9.13 Å². The highest BCUT2D eigenvalue weighted by atomic mass is 19.1. The molecule has 3 aromatic carbocycles. The van der Waals surface area contributed by atoms with E-state index in [1.807, 2.05) is 67.6 Å². The van der Waals surface area contributed by atoms with Gasteiger partial charge in [0.2, 0.25) is 0 Å². The highest BCUT2D eigenvalue weighted by Crippen LogP contribution is 2.30. The molecular weight excluding hydrogens is 299 g/mol. The predicted molar refractivity (Wildman–Crippen MR) is 99.0 cm³/mol. The van der Waals surface area contributed by atoms with Gasteiger partial charge >= 0.3 is 0 Å². The topological polar surface area (TPSA) is 9.23 Å². The van der Waals surface area contributed by atoms with Gasteiger partial charge in [-0.3, -0.25) is 0 Å². The first-order valence-corrected chi connectivity index (χ1v) is 8.28. The Morgan fingerprint density at radius 2 is 1.79 bits per heavy atom. The molecule has 0 spiro atoms. The molecule has 0 radical (unpaired) electrons. The molecule has 0 aliphatic rings. The monoisotopic (exact) mass is 320 g/mol. The maximum atomic E-state index is 14.9. The van der Waals surface area contributed by atoms with Gasteiger partial charge in [-0.25, -0.2) is 4.39 Å². The molecule has 0 amide bonds. The van der Waals surface area contributed by atoms with Crippen molar-refractivity contribution in [3.05, 3.63) is 78.1 Å². The lowest BCUT2D eigenvalue weighted by Gasteiger charge is -2.09. The first-order chi connectivity index (χ1) is 11.7. The Kier molecular flexibility index (Phi) is 4.95. The summed E-state index contributed by atoms with van der Waals surface area (Å²) < 4.78 is 20.5. The van der Waals surface area contributed by atoms with Crippen molar-refractivity contribution in [2.75, 3.05) is 6.61 Å². The van der Waals surface area contributed by atoms with Crippen LogP contribution in [0.1, 0.15) is 19.4 Å². The fourth-order valence-corrected chi connectivity index (χ4v) is 2.76. The first-order valence-electron chi connectivity index (χ1n) is 8.28.